The number of carbonyl (C=O) groups is 2. The first-order valence-corrected chi connectivity index (χ1v) is 11.9. The maximum atomic E-state index is 13.6. The molecule has 1 N–H and O–H groups in total. The van der Waals surface area contributed by atoms with E-state index in [1.54, 1.807) is 25.1 Å². The molecule has 3 rings (SSSR count). The van der Waals surface area contributed by atoms with Gasteiger partial charge < -0.3 is 19.5 Å². The van der Waals surface area contributed by atoms with Gasteiger partial charge in [-0.25, -0.2) is 8.42 Å². The van der Waals surface area contributed by atoms with E-state index < -0.39 is 22.0 Å². The van der Waals surface area contributed by atoms with E-state index in [2.05, 4.69) is 5.32 Å². The Morgan fingerprint density at radius 3 is 2.27 bits per heavy atom. The third-order valence-corrected chi connectivity index (χ3v) is 7.53. The van der Waals surface area contributed by atoms with Crippen LogP contribution in [0.2, 0.25) is 0 Å². The molecule has 1 heterocycles. The van der Waals surface area contributed by atoms with Crippen LogP contribution in [0, 0.1) is 0 Å². The summed E-state index contributed by atoms with van der Waals surface area (Å²) in [6, 6.07) is 8.73. The molecule has 9 nitrogen and oxygen atoms in total. The Morgan fingerprint density at radius 2 is 1.70 bits per heavy atom. The zero-order valence-corrected chi connectivity index (χ0v) is 19.9. The molecule has 1 atom stereocenters. The quantitative estimate of drug-likeness (QED) is 0.583. The third-order valence-electron chi connectivity index (χ3n) is 5.61. The van der Waals surface area contributed by atoms with Gasteiger partial charge in [0.15, 0.2) is 11.5 Å². The molecule has 33 heavy (non-hydrogen) atoms. The lowest BCUT2D eigenvalue weighted by Crippen LogP contribution is -2.41. The number of amides is 1. The number of esters is 1. The van der Waals surface area contributed by atoms with Gasteiger partial charge in [-0.05, 0) is 53.9 Å². The van der Waals surface area contributed by atoms with Gasteiger partial charge in [-0.3, -0.25) is 9.59 Å². The Balaban J connectivity index is 2.01. The number of nitrogens with one attached hydrogen (secondary N) is 1. The van der Waals surface area contributed by atoms with Crippen LogP contribution in [-0.4, -0.2) is 52.5 Å². The summed E-state index contributed by atoms with van der Waals surface area (Å²) in [4.78, 5) is 23.9. The van der Waals surface area contributed by atoms with E-state index in [1.165, 1.54) is 37.8 Å². The second-order valence-corrected chi connectivity index (χ2v) is 9.38. The molecule has 1 aliphatic heterocycles. The van der Waals surface area contributed by atoms with Gasteiger partial charge in [0.05, 0.1) is 38.7 Å². The Labute approximate surface area is 193 Å². The normalized spacial score (nSPS) is 15.9. The Kier molecular flexibility index (Phi) is 7.60. The summed E-state index contributed by atoms with van der Waals surface area (Å²) in [6.45, 7) is 1.91. The number of methoxy groups -OCH3 is 3. The van der Waals surface area contributed by atoms with Gasteiger partial charge in [0.25, 0.3) is 0 Å². The van der Waals surface area contributed by atoms with Crippen molar-refractivity contribution in [1.29, 1.82) is 0 Å². The van der Waals surface area contributed by atoms with Gasteiger partial charge in [-0.2, -0.15) is 4.31 Å². The summed E-state index contributed by atoms with van der Waals surface area (Å²) < 4.78 is 44.1. The SMILES string of the molecule is CCC(=O)Nc1ccc(S(=O)(=O)N2CCc3cc(OC)c(OC)cc3C2CC(=O)OC)cc1. The van der Waals surface area contributed by atoms with E-state index in [9.17, 15) is 18.0 Å². The van der Waals surface area contributed by atoms with Crippen molar-refractivity contribution in [2.45, 2.75) is 37.1 Å². The van der Waals surface area contributed by atoms with Crippen molar-refractivity contribution < 1.29 is 32.2 Å². The second-order valence-electron chi connectivity index (χ2n) is 7.49. The average molecular weight is 477 g/mol. The monoisotopic (exact) mass is 476 g/mol. The molecule has 0 spiro atoms. The highest BCUT2D eigenvalue weighted by Gasteiger charge is 2.38. The molecule has 1 amide bonds. The molecule has 1 unspecified atom stereocenters. The topological polar surface area (TPSA) is 111 Å². The first kappa shape index (κ1) is 24.5. The van der Waals surface area contributed by atoms with Crippen LogP contribution in [0.25, 0.3) is 0 Å². The molecule has 2 aromatic rings. The summed E-state index contributed by atoms with van der Waals surface area (Å²) in [7, 11) is 0.340. The van der Waals surface area contributed by atoms with Crippen molar-refractivity contribution in [3.63, 3.8) is 0 Å². The molecular formula is C23H28N2O7S. The summed E-state index contributed by atoms with van der Waals surface area (Å²) in [5, 5.41) is 2.69. The summed E-state index contributed by atoms with van der Waals surface area (Å²) in [6.07, 6.45) is 0.608. The number of hydrogen-bond acceptors (Lipinski definition) is 7. The van der Waals surface area contributed by atoms with Gasteiger partial charge in [0.1, 0.15) is 0 Å². The predicted molar refractivity (Wildman–Crippen MR) is 122 cm³/mol. The molecule has 1 aliphatic rings. The van der Waals surface area contributed by atoms with Crippen LogP contribution < -0.4 is 14.8 Å². The standard InChI is InChI=1S/C23H28N2O7S/c1-5-22(26)24-16-6-8-17(9-7-16)33(28,29)25-11-10-15-12-20(30-2)21(31-3)13-18(15)19(25)14-23(27)32-4/h6-9,12-13,19H,5,10-11,14H2,1-4H3,(H,24,26). The summed E-state index contributed by atoms with van der Waals surface area (Å²) >= 11 is 0. The van der Waals surface area contributed by atoms with Crippen LogP contribution in [0.15, 0.2) is 41.3 Å². The van der Waals surface area contributed by atoms with Crippen molar-refractivity contribution >= 4 is 27.6 Å². The van der Waals surface area contributed by atoms with Gasteiger partial charge in [-0.1, -0.05) is 6.92 Å². The van der Waals surface area contributed by atoms with Crippen molar-refractivity contribution in [3.8, 4) is 11.5 Å². The van der Waals surface area contributed by atoms with Crippen molar-refractivity contribution in [2.24, 2.45) is 0 Å². The van der Waals surface area contributed by atoms with E-state index >= 15 is 0 Å². The smallest absolute Gasteiger partial charge is 0.307 e. The van der Waals surface area contributed by atoms with E-state index in [1.807, 2.05) is 6.07 Å². The van der Waals surface area contributed by atoms with E-state index in [0.29, 0.717) is 35.6 Å². The molecule has 10 heteroatoms. The Hall–Kier alpha value is -3.11. The number of benzene rings is 2. The Morgan fingerprint density at radius 1 is 1.06 bits per heavy atom. The molecule has 178 valence electrons. The molecule has 0 aromatic heterocycles. The van der Waals surface area contributed by atoms with Crippen LogP contribution in [0.3, 0.4) is 0 Å². The fraction of sp³-hybridized carbons (Fsp3) is 0.391. The van der Waals surface area contributed by atoms with Gasteiger partial charge in [0, 0.05) is 18.7 Å². The summed E-state index contributed by atoms with van der Waals surface area (Å²) in [5.74, 6) is 0.289. The lowest BCUT2D eigenvalue weighted by Gasteiger charge is -2.36. The van der Waals surface area contributed by atoms with Crippen LogP contribution in [0.4, 0.5) is 5.69 Å². The fourth-order valence-corrected chi connectivity index (χ4v) is 5.45. The lowest BCUT2D eigenvalue weighted by atomic mass is 9.91. The lowest BCUT2D eigenvalue weighted by molar-refractivity contribution is -0.141. The van der Waals surface area contributed by atoms with Crippen molar-refractivity contribution in [1.82, 2.24) is 4.31 Å². The molecular weight excluding hydrogens is 448 g/mol. The zero-order valence-electron chi connectivity index (χ0n) is 19.1. The van der Waals surface area contributed by atoms with Crippen molar-refractivity contribution in [3.05, 3.63) is 47.5 Å². The molecule has 0 saturated carbocycles. The van der Waals surface area contributed by atoms with E-state index in [-0.39, 0.29) is 23.8 Å². The fourth-order valence-electron chi connectivity index (χ4n) is 3.84. The number of nitrogens with zero attached hydrogens (tertiary/aromatic N) is 1. The first-order chi connectivity index (χ1) is 15.7. The second kappa shape index (κ2) is 10.2. The van der Waals surface area contributed by atoms with Gasteiger partial charge >= 0.3 is 5.97 Å². The number of hydrogen-bond donors (Lipinski definition) is 1. The van der Waals surface area contributed by atoms with Crippen LogP contribution >= 0.6 is 0 Å². The number of sulfonamides is 1. The van der Waals surface area contributed by atoms with Gasteiger partial charge in [-0.15, -0.1) is 0 Å². The molecule has 0 saturated heterocycles. The molecule has 0 radical (unpaired) electrons. The highest BCUT2D eigenvalue weighted by Crippen LogP contribution is 2.41. The Bertz CT molecular complexity index is 1130. The highest BCUT2D eigenvalue weighted by molar-refractivity contribution is 7.89. The number of ether oxygens (including phenoxy) is 3. The number of anilines is 1. The van der Waals surface area contributed by atoms with E-state index in [0.717, 1.165) is 5.56 Å². The predicted octanol–water partition coefficient (Wildman–Crippen LogP) is 2.90. The minimum Gasteiger partial charge on any atom is -0.493 e. The third kappa shape index (κ3) is 5.12. The number of carbonyl (C=O) groups excluding carboxylic acids is 2. The van der Waals surface area contributed by atoms with Crippen LogP contribution in [-0.2, 0) is 30.8 Å². The largest absolute Gasteiger partial charge is 0.493 e. The molecule has 0 fully saturated rings. The zero-order chi connectivity index (χ0) is 24.2. The first-order valence-electron chi connectivity index (χ1n) is 10.5. The van der Waals surface area contributed by atoms with Crippen molar-refractivity contribution in [2.75, 3.05) is 33.2 Å². The van der Waals surface area contributed by atoms with E-state index in [4.69, 9.17) is 14.2 Å². The highest BCUT2D eigenvalue weighted by atomic mass is 32.2. The van der Waals surface area contributed by atoms with Crippen LogP contribution in [0.1, 0.15) is 36.9 Å². The maximum Gasteiger partial charge on any atom is 0.307 e. The minimum atomic E-state index is -3.95. The average Bonchev–Trinajstić information content (AvgIpc) is 2.83. The molecule has 0 bridgehead atoms. The molecule has 2 aromatic carbocycles. The number of rotatable bonds is 8. The number of fused-ring (bicyclic) bond motifs is 1. The molecule has 0 aliphatic carbocycles. The minimum absolute atomic E-state index is 0.0655. The summed E-state index contributed by atoms with van der Waals surface area (Å²) in [5.41, 5.74) is 2.05. The maximum absolute atomic E-state index is 13.6. The van der Waals surface area contributed by atoms with Gasteiger partial charge in [0.2, 0.25) is 15.9 Å². The van der Waals surface area contributed by atoms with Crippen LogP contribution in [0.5, 0.6) is 11.5 Å².